The summed E-state index contributed by atoms with van der Waals surface area (Å²) in [5.41, 5.74) is 8.52. The average Bonchev–Trinajstić information content (AvgIpc) is 2.99. The number of hydrogen-bond acceptors (Lipinski definition) is 13. The number of carbonyl (C=O) groups excluding carboxylic acids is 1. The third kappa shape index (κ3) is 8.18. The Bertz CT molecular complexity index is 895. The SMILES string of the molecule is B[C@@H]1O[C@H](COP(=O)(O)OP(=O)(O)OC2OC(CN=[N+]=[N-])C(CO)C(O)C2NC(C)=O)C(O)C1O. The number of azide groups is 1. The Morgan fingerprint density at radius 1 is 1.14 bits per heavy atom. The normalized spacial score (nSPS) is 38.7. The van der Waals surface area contributed by atoms with Crippen molar-refractivity contribution >= 4 is 29.4 Å². The van der Waals surface area contributed by atoms with E-state index < -0.39 is 96.1 Å². The average molecular weight is 548 g/mol. The second-order valence-corrected chi connectivity index (χ2v) is 10.8. The van der Waals surface area contributed by atoms with Crippen molar-refractivity contribution in [3.8, 4) is 0 Å². The van der Waals surface area contributed by atoms with Gasteiger partial charge in [-0.2, -0.15) is 4.31 Å². The highest BCUT2D eigenvalue weighted by atomic mass is 31.3. The molecule has 0 aliphatic carbocycles. The van der Waals surface area contributed by atoms with Gasteiger partial charge in [-0.15, -0.1) is 0 Å². The fourth-order valence-electron chi connectivity index (χ4n) is 3.55. The van der Waals surface area contributed by atoms with E-state index in [1.54, 1.807) is 0 Å². The van der Waals surface area contributed by atoms with E-state index in [-0.39, 0.29) is 0 Å². The number of rotatable bonds is 11. The van der Waals surface area contributed by atoms with Gasteiger partial charge in [-0.05, 0) is 5.53 Å². The van der Waals surface area contributed by atoms with Gasteiger partial charge < -0.3 is 45.0 Å². The lowest BCUT2D eigenvalue weighted by Gasteiger charge is -2.43. The van der Waals surface area contributed by atoms with E-state index in [1.165, 1.54) is 7.85 Å². The highest BCUT2D eigenvalue weighted by Crippen LogP contribution is 2.61. The monoisotopic (exact) mass is 548 g/mol. The van der Waals surface area contributed by atoms with E-state index in [0.717, 1.165) is 6.92 Å². The molecule has 0 spiro atoms. The molecule has 0 radical (unpaired) electrons. The van der Waals surface area contributed by atoms with Gasteiger partial charge in [-0.1, -0.05) is 5.11 Å². The molecule has 2 saturated heterocycles. The van der Waals surface area contributed by atoms with E-state index in [0.29, 0.717) is 0 Å². The first kappa shape index (κ1) is 30.1. The van der Waals surface area contributed by atoms with Crippen molar-refractivity contribution in [1.29, 1.82) is 0 Å². The maximum atomic E-state index is 12.4. The summed E-state index contributed by atoms with van der Waals surface area (Å²) in [6.45, 7) is -0.898. The lowest BCUT2D eigenvalue weighted by atomic mass is 9.88. The van der Waals surface area contributed by atoms with Crippen LogP contribution in [0.2, 0.25) is 0 Å². The molecule has 2 heterocycles. The zero-order chi connectivity index (χ0) is 26.6. The number of ether oxygens (including phenoxy) is 2. The fourth-order valence-corrected chi connectivity index (χ4v) is 5.71. The first-order valence-electron chi connectivity index (χ1n) is 10.1. The van der Waals surface area contributed by atoms with Crippen molar-refractivity contribution in [2.45, 2.75) is 55.8 Å². The summed E-state index contributed by atoms with van der Waals surface area (Å²) >= 11 is 0. The maximum absolute atomic E-state index is 12.4. The number of carbonyl (C=O) groups is 1. The molecule has 0 aromatic heterocycles. The van der Waals surface area contributed by atoms with Crippen molar-refractivity contribution in [3.63, 3.8) is 0 Å². The van der Waals surface area contributed by atoms with E-state index in [4.69, 9.17) is 19.5 Å². The lowest BCUT2D eigenvalue weighted by Crippen LogP contribution is -2.62. The summed E-state index contributed by atoms with van der Waals surface area (Å²) in [5, 5.41) is 45.0. The molecule has 0 aromatic rings. The van der Waals surface area contributed by atoms with Crippen LogP contribution in [0.3, 0.4) is 0 Å². The van der Waals surface area contributed by atoms with Gasteiger partial charge in [0.15, 0.2) is 6.29 Å². The molecular weight excluding hydrogens is 521 g/mol. The quantitative estimate of drug-likeness (QED) is 0.0441. The van der Waals surface area contributed by atoms with Gasteiger partial charge in [0.2, 0.25) is 5.91 Å². The zero-order valence-electron chi connectivity index (χ0n) is 18.5. The Labute approximate surface area is 199 Å². The summed E-state index contributed by atoms with van der Waals surface area (Å²) in [6.07, 6.45) is -8.86. The highest BCUT2D eigenvalue weighted by Gasteiger charge is 2.50. The molecule has 0 aromatic carbocycles. The van der Waals surface area contributed by atoms with Crippen molar-refractivity contribution < 1.29 is 67.0 Å². The Hall–Kier alpha value is -1.14. The van der Waals surface area contributed by atoms with Crippen LogP contribution in [0.25, 0.3) is 10.4 Å². The van der Waals surface area contributed by atoms with E-state index >= 15 is 0 Å². The second kappa shape index (κ2) is 12.4. The molecule has 1 amide bonds. The molecule has 35 heavy (non-hydrogen) atoms. The minimum Gasteiger partial charge on any atom is -0.396 e. The topological polar surface area (TPSA) is 280 Å². The Kier molecular flexibility index (Phi) is 10.7. The van der Waals surface area contributed by atoms with Crippen molar-refractivity contribution in [1.82, 2.24) is 5.32 Å². The Balaban J connectivity index is 2.12. The summed E-state index contributed by atoms with van der Waals surface area (Å²) in [7, 11) is -9.42. The summed E-state index contributed by atoms with van der Waals surface area (Å²) in [6, 6.07) is -2.37. The van der Waals surface area contributed by atoms with Gasteiger partial charge in [0.1, 0.15) is 32.2 Å². The molecule has 2 aliphatic heterocycles. The molecule has 7 N–H and O–H groups in total. The standard InChI is InChI=1S/C14H27BN4O14P2/c1-5(21)18-9-10(22)6(3-20)7(2-17-19-16)31-14(9)32-35(27,28)33-34(25,26)29-4-8-11(23)12(24)13(15)30-8/h6-14,20,22-24H,2-4,15H2,1H3,(H,18,21)(H,25,26)(H,27,28)/t6?,7?,8-,9?,10?,11?,12?,13-,14?/m1/s1. The van der Waals surface area contributed by atoms with E-state index in [2.05, 4.69) is 24.2 Å². The Morgan fingerprint density at radius 3 is 2.31 bits per heavy atom. The van der Waals surface area contributed by atoms with Crippen LogP contribution < -0.4 is 5.32 Å². The summed E-state index contributed by atoms with van der Waals surface area (Å²) in [5.74, 6) is -1.84. The van der Waals surface area contributed by atoms with Crippen LogP contribution in [0, 0.1) is 5.92 Å². The second-order valence-electron chi connectivity index (χ2n) is 7.80. The molecule has 18 nitrogen and oxygen atoms in total. The lowest BCUT2D eigenvalue weighted by molar-refractivity contribution is -0.226. The molecule has 9 unspecified atom stereocenters. The molecule has 2 rings (SSSR count). The number of phosphoric ester groups is 2. The van der Waals surface area contributed by atoms with E-state index in [1.807, 2.05) is 0 Å². The highest BCUT2D eigenvalue weighted by molar-refractivity contribution is 7.61. The number of nitrogens with one attached hydrogen (secondary N) is 1. The van der Waals surface area contributed by atoms with Crippen molar-refractivity contribution in [3.05, 3.63) is 10.4 Å². The van der Waals surface area contributed by atoms with Crippen LogP contribution in [-0.4, -0.2) is 113 Å². The molecule has 0 saturated carbocycles. The number of aliphatic hydroxyl groups is 4. The molecular formula is C14H27BN4O14P2. The first-order valence-corrected chi connectivity index (χ1v) is 13.1. The van der Waals surface area contributed by atoms with Crippen LogP contribution in [0.1, 0.15) is 6.92 Å². The summed E-state index contributed by atoms with van der Waals surface area (Å²) < 4.78 is 48.7. The third-order valence-corrected chi connectivity index (χ3v) is 7.84. The smallest absolute Gasteiger partial charge is 0.396 e. The number of phosphoric acid groups is 2. The predicted molar refractivity (Wildman–Crippen MR) is 114 cm³/mol. The molecule has 0 bridgehead atoms. The van der Waals surface area contributed by atoms with Gasteiger partial charge in [0.05, 0.1) is 38.0 Å². The molecule has 2 aliphatic rings. The minimum atomic E-state index is -5.52. The van der Waals surface area contributed by atoms with Gasteiger partial charge >= 0.3 is 15.6 Å². The number of nitrogens with zero attached hydrogens (tertiary/aromatic N) is 3. The number of hydrogen-bond donors (Lipinski definition) is 7. The summed E-state index contributed by atoms with van der Waals surface area (Å²) in [4.78, 5) is 33.9. The number of amides is 1. The van der Waals surface area contributed by atoms with Gasteiger partial charge in [0.25, 0.3) is 0 Å². The van der Waals surface area contributed by atoms with Crippen LogP contribution >= 0.6 is 15.6 Å². The molecule has 11 atom stereocenters. The maximum Gasteiger partial charge on any atom is 0.483 e. The van der Waals surface area contributed by atoms with Crippen LogP contribution in [-0.2, 0) is 36.8 Å². The minimum absolute atomic E-state index is 0.447. The molecule has 200 valence electrons. The largest absolute Gasteiger partial charge is 0.483 e. The predicted octanol–water partition coefficient (Wildman–Crippen LogP) is -3.17. The third-order valence-electron chi connectivity index (χ3n) is 5.24. The Morgan fingerprint density at radius 2 is 1.80 bits per heavy atom. The molecule has 21 heteroatoms. The van der Waals surface area contributed by atoms with Gasteiger partial charge in [-0.3, -0.25) is 13.8 Å². The van der Waals surface area contributed by atoms with Crippen LogP contribution in [0.5, 0.6) is 0 Å². The zero-order valence-corrected chi connectivity index (χ0v) is 20.3. The van der Waals surface area contributed by atoms with Gasteiger partial charge in [0, 0.05) is 17.8 Å². The van der Waals surface area contributed by atoms with Gasteiger partial charge in [-0.25, -0.2) is 9.13 Å². The van der Waals surface area contributed by atoms with E-state index in [9.17, 15) is 44.1 Å². The fraction of sp³-hybridized carbons (Fsp3) is 0.929. The first-order chi connectivity index (χ1) is 16.2. The van der Waals surface area contributed by atoms with Crippen LogP contribution in [0.15, 0.2) is 5.11 Å². The van der Waals surface area contributed by atoms with Crippen molar-refractivity contribution in [2.24, 2.45) is 11.0 Å². The molecule has 2 fully saturated rings. The number of aliphatic hydroxyl groups excluding tert-OH is 4. The van der Waals surface area contributed by atoms with Crippen LogP contribution in [0.4, 0.5) is 0 Å². The van der Waals surface area contributed by atoms with Crippen molar-refractivity contribution in [2.75, 3.05) is 19.8 Å².